The first-order chi connectivity index (χ1) is 5.93. The molecule has 1 radical (unpaired) electrons. The predicted molar refractivity (Wildman–Crippen MR) is 46.8 cm³/mol. The lowest BCUT2D eigenvalue weighted by Gasteiger charge is -2.01. The van der Waals surface area contributed by atoms with Gasteiger partial charge in [-0.2, -0.15) is 0 Å². The van der Waals surface area contributed by atoms with E-state index < -0.39 is 0 Å². The molecule has 1 rings (SSSR count). The van der Waals surface area contributed by atoms with Crippen molar-refractivity contribution in [3.05, 3.63) is 35.9 Å². The number of ether oxygens (including phenoxy) is 2. The SMILES string of the molecule is COCOCCc1[c]cccc1. The van der Waals surface area contributed by atoms with E-state index in [0.29, 0.717) is 13.4 Å². The van der Waals surface area contributed by atoms with Crippen molar-refractivity contribution >= 4 is 0 Å². The molecule has 1 aromatic carbocycles. The Balaban J connectivity index is 2.16. The van der Waals surface area contributed by atoms with Crippen LogP contribution in [0.25, 0.3) is 0 Å². The van der Waals surface area contributed by atoms with Gasteiger partial charge in [0.1, 0.15) is 6.79 Å². The predicted octanol–water partition coefficient (Wildman–Crippen LogP) is 1.65. The third-order valence-corrected chi connectivity index (χ3v) is 1.49. The number of methoxy groups -OCH3 is 1. The van der Waals surface area contributed by atoms with Gasteiger partial charge in [0.2, 0.25) is 0 Å². The fourth-order valence-corrected chi connectivity index (χ4v) is 0.910. The van der Waals surface area contributed by atoms with E-state index in [9.17, 15) is 0 Å². The summed E-state index contributed by atoms with van der Waals surface area (Å²) in [6.07, 6.45) is 0.893. The molecule has 0 spiro atoms. The van der Waals surface area contributed by atoms with E-state index in [2.05, 4.69) is 6.07 Å². The number of rotatable bonds is 5. The maximum absolute atomic E-state index is 5.14. The van der Waals surface area contributed by atoms with Crippen LogP contribution in [0.5, 0.6) is 0 Å². The van der Waals surface area contributed by atoms with Crippen molar-refractivity contribution in [2.45, 2.75) is 6.42 Å². The second-order valence-corrected chi connectivity index (χ2v) is 2.45. The molecule has 0 aliphatic carbocycles. The van der Waals surface area contributed by atoms with Crippen LogP contribution in [-0.2, 0) is 15.9 Å². The molecular weight excluding hydrogens is 152 g/mol. The van der Waals surface area contributed by atoms with Gasteiger partial charge >= 0.3 is 0 Å². The number of benzene rings is 1. The molecule has 2 nitrogen and oxygen atoms in total. The first-order valence-corrected chi connectivity index (χ1v) is 3.96. The monoisotopic (exact) mass is 165 g/mol. The van der Waals surface area contributed by atoms with E-state index in [1.165, 1.54) is 5.56 Å². The molecule has 0 aliphatic rings. The van der Waals surface area contributed by atoms with E-state index in [4.69, 9.17) is 9.47 Å². The van der Waals surface area contributed by atoms with E-state index in [1.807, 2.05) is 24.3 Å². The molecule has 12 heavy (non-hydrogen) atoms. The average Bonchev–Trinajstić information content (AvgIpc) is 2.14. The Hall–Kier alpha value is -0.860. The van der Waals surface area contributed by atoms with Crippen molar-refractivity contribution < 1.29 is 9.47 Å². The summed E-state index contributed by atoms with van der Waals surface area (Å²) < 4.78 is 9.89. The van der Waals surface area contributed by atoms with Crippen molar-refractivity contribution in [3.8, 4) is 0 Å². The summed E-state index contributed by atoms with van der Waals surface area (Å²) in [5.41, 5.74) is 1.17. The van der Waals surface area contributed by atoms with Gasteiger partial charge in [0.15, 0.2) is 0 Å². The topological polar surface area (TPSA) is 18.5 Å². The Bertz CT molecular complexity index is 196. The number of hydrogen-bond acceptors (Lipinski definition) is 2. The summed E-state index contributed by atoms with van der Waals surface area (Å²) in [5.74, 6) is 0. The van der Waals surface area contributed by atoms with Crippen LogP contribution in [0.4, 0.5) is 0 Å². The fraction of sp³-hybridized carbons (Fsp3) is 0.400. The molecule has 0 bridgehead atoms. The lowest BCUT2D eigenvalue weighted by Crippen LogP contribution is -2.01. The summed E-state index contributed by atoms with van der Waals surface area (Å²) in [7, 11) is 1.62. The van der Waals surface area contributed by atoms with Gasteiger partial charge < -0.3 is 9.47 Å². The molecular formula is C10H13O2. The minimum atomic E-state index is 0.368. The van der Waals surface area contributed by atoms with Crippen molar-refractivity contribution in [2.75, 3.05) is 20.5 Å². The molecule has 0 saturated carbocycles. The third-order valence-electron chi connectivity index (χ3n) is 1.49. The summed E-state index contributed by atoms with van der Waals surface area (Å²) in [6.45, 7) is 1.06. The molecule has 2 heteroatoms. The average molecular weight is 165 g/mol. The van der Waals surface area contributed by atoms with Gasteiger partial charge in [0, 0.05) is 7.11 Å². The van der Waals surface area contributed by atoms with Crippen LogP contribution in [0.15, 0.2) is 24.3 Å². The molecule has 0 fully saturated rings. The van der Waals surface area contributed by atoms with Crippen LogP contribution in [0.2, 0.25) is 0 Å². The van der Waals surface area contributed by atoms with Crippen molar-refractivity contribution in [1.82, 2.24) is 0 Å². The van der Waals surface area contributed by atoms with Gasteiger partial charge in [0.05, 0.1) is 6.61 Å². The van der Waals surface area contributed by atoms with Crippen LogP contribution in [0.3, 0.4) is 0 Å². The highest BCUT2D eigenvalue weighted by atomic mass is 16.7. The van der Waals surface area contributed by atoms with E-state index in [-0.39, 0.29) is 0 Å². The third kappa shape index (κ3) is 3.51. The Kier molecular flexibility index (Phi) is 4.42. The molecule has 0 N–H and O–H groups in total. The minimum absolute atomic E-state index is 0.368. The van der Waals surface area contributed by atoms with Crippen LogP contribution in [0, 0.1) is 6.07 Å². The summed E-state index contributed by atoms with van der Waals surface area (Å²) in [4.78, 5) is 0. The van der Waals surface area contributed by atoms with Gasteiger partial charge in [-0.25, -0.2) is 0 Å². The highest BCUT2D eigenvalue weighted by molar-refractivity contribution is 5.12. The van der Waals surface area contributed by atoms with Crippen molar-refractivity contribution in [3.63, 3.8) is 0 Å². The van der Waals surface area contributed by atoms with E-state index in [1.54, 1.807) is 7.11 Å². The summed E-state index contributed by atoms with van der Waals surface area (Å²) in [5, 5.41) is 0. The van der Waals surface area contributed by atoms with E-state index >= 15 is 0 Å². The molecule has 1 aromatic rings. The van der Waals surface area contributed by atoms with Crippen LogP contribution >= 0.6 is 0 Å². The Morgan fingerprint density at radius 1 is 1.42 bits per heavy atom. The smallest absolute Gasteiger partial charge is 0.146 e. The lowest BCUT2D eigenvalue weighted by molar-refractivity contribution is -0.0291. The standard InChI is InChI=1S/C10H13O2/c1-11-9-12-8-7-10-5-3-2-4-6-10/h2-5H,7-9H2,1H3. The van der Waals surface area contributed by atoms with Crippen LogP contribution in [-0.4, -0.2) is 20.5 Å². The highest BCUT2D eigenvalue weighted by Gasteiger charge is 1.90. The van der Waals surface area contributed by atoms with Gasteiger partial charge in [-0.3, -0.25) is 0 Å². The molecule has 0 heterocycles. The minimum Gasteiger partial charge on any atom is -0.359 e. The molecule has 0 saturated heterocycles. The van der Waals surface area contributed by atoms with Crippen molar-refractivity contribution in [2.24, 2.45) is 0 Å². The zero-order valence-electron chi connectivity index (χ0n) is 7.25. The highest BCUT2D eigenvalue weighted by Crippen LogP contribution is 1.98. The van der Waals surface area contributed by atoms with Gasteiger partial charge in [-0.1, -0.05) is 24.3 Å². The Morgan fingerprint density at radius 3 is 3.00 bits per heavy atom. The van der Waals surface area contributed by atoms with Crippen LogP contribution < -0.4 is 0 Å². The summed E-state index contributed by atoms with van der Waals surface area (Å²) in [6, 6.07) is 11.0. The maximum Gasteiger partial charge on any atom is 0.146 e. The molecule has 65 valence electrons. The fourth-order valence-electron chi connectivity index (χ4n) is 0.910. The largest absolute Gasteiger partial charge is 0.359 e. The normalized spacial score (nSPS) is 10.1. The lowest BCUT2D eigenvalue weighted by atomic mass is 10.2. The molecule has 0 aliphatic heterocycles. The maximum atomic E-state index is 5.14. The second-order valence-electron chi connectivity index (χ2n) is 2.45. The van der Waals surface area contributed by atoms with Gasteiger partial charge in [-0.05, 0) is 18.1 Å². The zero-order chi connectivity index (χ0) is 8.65. The van der Waals surface area contributed by atoms with Crippen LogP contribution in [0.1, 0.15) is 5.56 Å². The van der Waals surface area contributed by atoms with E-state index in [0.717, 1.165) is 6.42 Å². The molecule has 0 aromatic heterocycles. The Morgan fingerprint density at radius 2 is 2.33 bits per heavy atom. The Labute approximate surface area is 73.1 Å². The zero-order valence-corrected chi connectivity index (χ0v) is 7.25. The second kappa shape index (κ2) is 5.75. The molecule has 0 unspecified atom stereocenters. The first kappa shape index (κ1) is 9.23. The molecule has 0 amide bonds. The van der Waals surface area contributed by atoms with Gasteiger partial charge in [0.25, 0.3) is 0 Å². The quantitative estimate of drug-likeness (QED) is 0.488. The van der Waals surface area contributed by atoms with Crippen molar-refractivity contribution in [1.29, 1.82) is 0 Å². The summed E-state index contributed by atoms with van der Waals surface area (Å²) >= 11 is 0. The first-order valence-electron chi connectivity index (χ1n) is 3.96. The number of hydrogen-bond donors (Lipinski definition) is 0. The van der Waals surface area contributed by atoms with Gasteiger partial charge in [-0.15, -0.1) is 0 Å². The molecule has 0 atom stereocenters.